The summed E-state index contributed by atoms with van der Waals surface area (Å²) < 4.78 is 11.2. The second kappa shape index (κ2) is 5.85. The summed E-state index contributed by atoms with van der Waals surface area (Å²) in [5, 5.41) is 4.11. The normalized spacial score (nSPS) is 22.3. The van der Waals surface area contributed by atoms with Crippen LogP contribution in [0.5, 0.6) is 0 Å². The van der Waals surface area contributed by atoms with Crippen molar-refractivity contribution in [2.24, 2.45) is 0 Å². The number of nitrogen functional groups attached to an aromatic ring is 1. The van der Waals surface area contributed by atoms with Crippen LogP contribution in [0.15, 0.2) is 28.8 Å². The smallest absolute Gasteiger partial charge is 0.227 e. The molecule has 2 N–H and O–H groups in total. The van der Waals surface area contributed by atoms with Gasteiger partial charge in [0.25, 0.3) is 0 Å². The van der Waals surface area contributed by atoms with Crippen LogP contribution in [0.4, 0.5) is 5.69 Å². The number of aryl methyl sites for hydroxylation is 2. The van der Waals surface area contributed by atoms with Gasteiger partial charge in [-0.1, -0.05) is 17.3 Å². The highest BCUT2D eigenvalue weighted by Gasteiger charge is 2.34. The molecule has 0 radical (unpaired) electrons. The highest BCUT2D eigenvalue weighted by molar-refractivity contribution is 5.39. The number of nitrogens with two attached hydrogens (primary N) is 1. The number of aromatic nitrogens is 2. The number of benzene rings is 1. The van der Waals surface area contributed by atoms with Gasteiger partial charge in [-0.15, -0.1) is 0 Å². The highest BCUT2D eigenvalue weighted by atomic mass is 16.5. The zero-order valence-corrected chi connectivity index (χ0v) is 12.3. The molecule has 3 rings (SSSR count). The van der Waals surface area contributed by atoms with Crippen molar-refractivity contribution >= 4 is 5.69 Å². The van der Waals surface area contributed by atoms with Crippen molar-refractivity contribution in [2.75, 3.05) is 12.3 Å². The number of anilines is 1. The minimum absolute atomic E-state index is 0.388. The molecule has 1 aliphatic heterocycles. The third kappa shape index (κ3) is 3.24. The van der Waals surface area contributed by atoms with Crippen molar-refractivity contribution in [3.8, 4) is 0 Å². The Hall–Kier alpha value is -1.88. The first kappa shape index (κ1) is 14.1. The fourth-order valence-electron chi connectivity index (χ4n) is 2.62. The summed E-state index contributed by atoms with van der Waals surface area (Å²) in [7, 11) is 0. The van der Waals surface area contributed by atoms with Crippen LogP contribution < -0.4 is 5.73 Å². The molecule has 2 aromatic rings. The van der Waals surface area contributed by atoms with Crippen molar-refractivity contribution in [3.05, 3.63) is 41.5 Å². The maximum absolute atomic E-state index is 5.84. The van der Waals surface area contributed by atoms with Gasteiger partial charge in [0, 0.05) is 18.7 Å². The lowest BCUT2D eigenvalue weighted by atomic mass is 9.95. The van der Waals surface area contributed by atoms with E-state index in [9.17, 15) is 0 Å². The number of rotatable bonds is 4. The molecular formula is C16H21N3O2. The Bertz CT molecular complexity index is 586. The molecule has 0 spiro atoms. The second-order valence-corrected chi connectivity index (χ2v) is 5.79. The number of hydrogen-bond acceptors (Lipinski definition) is 5. The average Bonchev–Trinajstić information content (AvgIpc) is 2.97. The molecule has 1 unspecified atom stereocenters. The van der Waals surface area contributed by atoms with Gasteiger partial charge in [0.2, 0.25) is 11.7 Å². The molecule has 2 heterocycles. The monoisotopic (exact) mass is 287 g/mol. The van der Waals surface area contributed by atoms with E-state index in [1.807, 2.05) is 31.2 Å². The van der Waals surface area contributed by atoms with Crippen LogP contribution >= 0.6 is 0 Å². The van der Waals surface area contributed by atoms with Crippen LogP contribution in [-0.4, -0.2) is 16.7 Å². The molecular weight excluding hydrogens is 266 g/mol. The minimum Gasteiger partial charge on any atom is -0.399 e. The molecule has 1 aliphatic rings. The van der Waals surface area contributed by atoms with E-state index < -0.39 is 0 Å². The van der Waals surface area contributed by atoms with Gasteiger partial charge < -0.3 is 15.0 Å². The number of hydrogen-bond donors (Lipinski definition) is 1. The van der Waals surface area contributed by atoms with E-state index in [0.29, 0.717) is 11.7 Å². The van der Waals surface area contributed by atoms with Gasteiger partial charge in [-0.25, -0.2) is 0 Å². The molecule has 5 heteroatoms. The van der Waals surface area contributed by atoms with Crippen LogP contribution in [0, 0.1) is 0 Å². The fourth-order valence-corrected chi connectivity index (χ4v) is 2.62. The van der Waals surface area contributed by atoms with Crippen LogP contribution in [-0.2, 0) is 23.2 Å². The Morgan fingerprint density at radius 3 is 2.71 bits per heavy atom. The number of ether oxygens (including phenoxy) is 1. The first-order chi connectivity index (χ1) is 10.2. The topological polar surface area (TPSA) is 74.2 Å². The first-order valence-corrected chi connectivity index (χ1v) is 7.47. The lowest BCUT2D eigenvalue weighted by molar-refractivity contribution is -0.0770. The van der Waals surface area contributed by atoms with E-state index >= 15 is 0 Å². The fraction of sp³-hybridized carbons (Fsp3) is 0.500. The summed E-state index contributed by atoms with van der Waals surface area (Å²) in [4.78, 5) is 4.51. The predicted molar refractivity (Wildman–Crippen MR) is 79.7 cm³/mol. The van der Waals surface area contributed by atoms with Gasteiger partial charge in [0.05, 0.1) is 0 Å². The Labute approximate surface area is 124 Å². The summed E-state index contributed by atoms with van der Waals surface area (Å²) in [6.07, 6.45) is 4.79. The average molecular weight is 287 g/mol. The molecule has 1 aromatic heterocycles. The molecule has 112 valence electrons. The van der Waals surface area contributed by atoms with E-state index in [0.717, 1.165) is 44.4 Å². The minimum atomic E-state index is -0.388. The molecule has 1 atom stereocenters. The molecule has 5 nitrogen and oxygen atoms in total. The zero-order chi connectivity index (χ0) is 14.7. The summed E-state index contributed by atoms with van der Waals surface area (Å²) in [5.41, 5.74) is 7.28. The summed E-state index contributed by atoms with van der Waals surface area (Å²) in [6.45, 7) is 2.81. The van der Waals surface area contributed by atoms with Crippen LogP contribution in [0.25, 0.3) is 0 Å². The van der Waals surface area contributed by atoms with E-state index in [4.69, 9.17) is 15.0 Å². The van der Waals surface area contributed by atoms with E-state index in [1.165, 1.54) is 5.56 Å². The molecule has 1 fully saturated rings. The van der Waals surface area contributed by atoms with E-state index in [-0.39, 0.29) is 5.60 Å². The summed E-state index contributed by atoms with van der Waals surface area (Å²) >= 11 is 0. The summed E-state index contributed by atoms with van der Waals surface area (Å²) in [5.74, 6) is 1.34. The van der Waals surface area contributed by atoms with Gasteiger partial charge in [0.15, 0.2) is 0 Å². The largest absolute Gasteiger partial charge is 0.399 e. The van der Waals surface area contributed by atoms with Crippen LogP contribution in [0.1, 0.15) is 43.5 Å². The lowest BCUT2D eigenvalue weighted by Gasteiger charge is -2.30. The molecule has 0 saturated carbocycles. The van der Waals surface area contributed by atoms with Crippen molar-refractivity contribution in [2.45, 2.75) is 44.6 Å². The van der Waals surface area contributed by atoms with Crippen molar-refractivity contribution in [1.82, 2.24) is 10.1 Å². The maximum Gasteiger partial charge on any atom is 0.227 e. The van der Waals surface area contributed by atoms with E-state index in [1.54, 1.807) is 0 Å². The number of nitrogens with zero attached hydrogens (tertiary/aromatic N) is 2. The molecule has 21 heavy (non-hydrogen) atoms. The first-order valence-electron chi connectivity index (χ1n) is 7.47. The molecule has 0 bridgehead atoms. The van der Waals surface area contributed by atoms with E-state index in [2.05, 4.69) is 10.1 Å². The maximum atomic E-state index is 5.84. The lowest BCUT2D eigenvalue weighted by Crippen LogP contribution is -2.31. The van der Waals surface area contributed by atoms with Gasteiger partial charge in [-0.3, -0.25) is 0 Å². The SMILES string of the molecule is CC1(c2noc(CCc3ccc(N)cc3)n2)CCCCO1. The van der Waals surface area contributed by atoms with Crippen molar-refractivity contribution in [3.63, 3.8) is 0 Å². The second-order valence-electron chi connectivity index (χ2n) is 5.79. The zero-order valence-electron chi connectivity index (χ0n) is 12.3. The molecule has 0 aliphatic carbocycles. The Kier molecular flexibility index (Phi) is 3.92. The van der Waals surface area contributed by atoms with Crippen molar-refractivity contribution < 1.29 is 9.26 Å². The van der Waals surface area contributed by atoms with Gasteiger partial charge in [-0.05, 0) is 50.3 Å². The Morgan fingerprint density at radius 1 is 1.19 bits per heavy atom. The molecule has 0 amide bonds. The van der Waals surface area contributed by atoms with Gasteiger partial charge >= 0.3 is 0 Å². The van der Waals surface area contributed by atoms with Gasteiger partial charge in [-0.2, -0.15) is 4.98 Å². The third-order valence-corrected chi connectivity index (χ3v) is 4.02. The quantitative estimate of drug-likeness (QED) is 0.875. The van der Waals surface area contributed by atoms with Gasteiger partial charge in [0.1, 0.15) is 5.60 Å². The Morgan fingerprint density at radius 2 is 2.00 bits per heavy atom. The highest BCUT2D eigenvalue weighted by Crippen LogP contribution is 2.32. The van der Waals surface area contributed by atoms with Crippen LogP contribution in [0.3, 0.4) is 0 Å². The summed E-state index contributed by atoms with van der Waals surface area (Å²) in [6, 6.07) is 7.87. The van der Waals surface area contributed by atoms with Crippen molar-refractivity contribution in [1.29, 1.82) is 0 Å². The molecule has 1 aromatic carbocycles. The molecule has 1 saturated heterocycles. The standard InChI is InChI=1S/C16H21N3O2/c1-16(10-2-3-11-20-16)15-18-14(21-19-15)9-6-12-4-7-13(17)8-5-12/h4-5,7-8H,2-3,6,9-11,17H2,1H3. The predicted octanol–water partition coefficient (Wildman–Crippen LogP) is 2.85. The Balaban J connectivity index is 1.63. The third-order valence-electron chi connectivity index (χ3n) is 4.02. The van der Waals surface area contributed by atoms with Crippen LogP contribution in [0.2, 0.25) is 0 Å².